The van der Waals surface area contributed by atoms with Gasteiger partial charge in [0.2, 0.25) is 0 Å². The van der Waals surface area contributed by atoms with Gasteiger partial charge in [0.25, 0.3) is 5.91 Å². The first kappa shape index (κ1) is 17.7. The van der Waals surface area contributed by atoms with Crippen LogP contribution in [-0.2, 0) is 4.79 Å². The second kappa shape index (κ2) is 8.30. The third-order valence-electron chi connectivity index (χ3n) is 3.94. The van der Waals surface area contributed by atoms with Crippen LogP contribution in [0, 0.1) is 5.41 Å². The Morgan fingerprint density at radius 3 is 2.33 bits per heavy atom. The number of nitrogens with zero attached hydrogens (tertiary/aromatic N) is 2. The van der Waals surface area contributed by atoms with Gasteiger partial charge in [0.15, 0.2) is 5.96 Å². The summed E-state index contributed by atoms with van der Waals surface area (Å²) in [5.74, 6) is -0.936. The lowest BCUT2D eigenvalue weighted by molar-refractivity contribution is -0.137. The molecule has 1 aliphatic heterocycles. The lowest BCUT2D eigenvalue weighted by Crippen LogP contribution is -2.48. The molecule has 5 N–H and O–H groups in total. The SMILES string of the molecule is N=C(N)Nc1ccc(C(=O)N2CCN(CCCC(=O)O)CC2)cc1. The molecule has 0 aromatic heterocycles. The van der Waals surface area contributed by atoms with E-state index in [1.165, 1.54) is 0 Å². The summed E-state index contributed by atoms with van der Waals surface area (Å²) < 4.78 is 0. The number of amides is 1. The Bertz CT molecular complexity index is 594. The minimum absolute atomic E-state index is 0.0189. The fourth-order valence-corrected chi connectivity index (χ4v) is 2.66. The molecule has 1 aliphatic rings. The van der Waals surface area contributed by atoms with Gasteiger partial charge in [-0.2, -0.15) is 0 Å². The zero-order valence-electron chi connectivity index (χ0n) is 13.5. The highest BCUT2D eigenvalue weighted by Crippen LogP contribution is 2.13. The quantitative estimate of drug-likeness (QED) is 0.447. The van der Waals surface area contributed by atoms with Gasteiger partial charge in [-0.15, -0.1) is 0 Å². The first-order valence-electron chi connectivity index (χ1n) is 7.90. The van der Waals surface area contributed by atoms with Crippen LogP contribution in [0.1, 0.15) is 23.2 Å². The highest BCUT2D eigenvalue weighted by atomic mass is 16.4. The van der Waals surface area contributed by atoms with Crippen molar-refractivity contribution in [1.82, 2.24) is 9.80 Å². The molecule has 1 heterocycles. The van der Waals surface area contributed by atoms with Crippen molar-refractivity contribution in [3.63, 3.8) is 0 Å². The van der Waals surface area contributed by atoms with Crippen LogP contribution in [0.3, 0.4) is 0 Å². The number of hydrogen-bond donors (Lipinski definition) is 4. The number of carboxylic acid groups (broad SMARTS) is 1. The maximum Gasteiger partial charge on any atom is 0.303 e. The Kier molecular flexibility index (Phi) is 6.14. The van der Waals surface area contributed by atoms with Gasteiger partial charge in [-0.3, -0.25) is 19.9 Å². The molecule has 1 aromatic rings. The van der Waals surface area contributed by atoms with Crippen LogP contribution in [0.4, 0.5) is 5.69 Å². The number of carboxylic acids is 1. The van der Waals surface area contributed by atoms with Crippen LogP contribution in [-0.4, -0.2) is 65.5 Å². The number of anilines is 1. The molecule has 0 spiro atoms. The van der Waals surface area contributed by atoms with Gasteiger partial charge in [-0.1, -0.05) is 0 Å². The number of carbonyl (C=O) groups is 2. The summed E-state index contributed by atoms with van der Waals surface area (Å²) in [4.78, 5) is 27.0. The van der Waals surface area contributed by atoms with Crippen molar-refractivity contribution < 1.29 is 14.7 Å². The van der Waals surface area contributed by atoms with E-state index in [-0.39, 0.29) is 18.3 Å². The minimum atomic E-state index is -0.772. The lowest BCUT2D eigenvalue weighted by Gasteiger charge is -2.34. The highest BCUT2D eigenvalue weighted by Gasteiger charge is 2.21. The van der Waals surface area contributed by atoms with E-state index in [4.69, 9.17) is 16.2 Å². The number of nitrogens with two attached hydrogens (primary N) is 1. The van der Waals surface area contributed by atoms with E-state index in [1.807, 2.05) is 0 Å². The molecule has 0 unspecified atom stereocenters. The van der Waals surface area contributed by atoms with E-state index >= 15 is 0 Å². The Morgan fingerprint density at radius 1 is 1.17 bits per heavy atom. The van der Waals surface area contributed by atoms with E-state index < -0.39 is 5.97 Å². The van der Waals surface area contributed by atoms with Crippen molar-refractivity contribution in [2.75, 3.05) is 38.0 Å². The van der Waals surface area contributed by atoms with Crippen LogP contribution in [0.2, 0.25) is 0 Å². The Balaban J connectivity index is 1.81. The maximum absolute atomic E-state index is 12.5. The van der Waals surface area contributed by atoms with Gasteiger partial charge >= 0.3 is 5.97 Å². The van der Waals surface area contributed by atoms with Gasteiger partial charge in [-0.25, -0.2) is 0 Å². The zero-order valence-corrected chi connectivity index (χ0v) is 13.5. The van der Waals surface area contributed by atoms with Crippen molar-refractivity contribution in [2.45, 2.75) is 12.8 Å². The molecule has 0 radical (unpaired) electrons. The molecule has 1 aromatic carbocycles. The summed E-state index contributed by atoms with van der Waals surface area (Å²) in [6.07, 6.45) is 0.813. The van der Waals surface area contributed by atoms with E-state index in [1.54, 1.807) is 29.2 Å². The van der Waals surface area contributed by atoms with Crippen LogP contribution in [0.5, 0.6) is 0 Å². The highest BCUT2D eigenvalue weighted by molar-refractivity contribution is 5.95. The van der Waals surface area contributed by atoms with Crippen molar-refractivity contribution in [2.24, 2.45) is 5.73 Å². The first-order valence-corrected chi connectivity index (χ1v) is 7.90. The summed E-state index contributed by atoms with van der Waals surface area (Å²) in [6.45, 7) is 3.54. The standard InChI is InChI=1S/C16H23N5O3/c17-16(18)19-13-5-3-12(4-6-13)15(24)21-10-8-20(9-11-21)7-1-2-14(22)23/h3-6H,1-2,7-11H2,(H,22,23)(H4,17,18,19). The molecule has 1 amide bonds. The minimum Gasteiger partial charge on any atom is -0.481 e. The van der Waals surface area contributed by atoms with Gasteiger partial charge in [-0.05, 0) is 37.2 Å². The molecule has 0 atom stereocenters. The predicted molar refractivity (Wildman–Crippen MR) is 91.2 cm³/mol. The Labute approximate surface area is 140 Å². The molecular weight excluding hydrogens is 310 g/mol. The monoisotopic (exact) mass is 333 g/mol. The van der Waals surface area contributed by atoms with Crippen molar-refractivity contribution >= 4 is 23.5 Å². The second-order valence-electron chi connectivity index (χ2n) is 5.75. The third-order valence-corrected chi connectivity index (χ3v) is 3.94. The number of benzene rings is 1. The average Bonchev–Trinajstić information content (AvgIpc) is 2.55. The Morgan fingerprint density at radius 2 is 1.79 bits per heavy atom. The molecule has 8 heteroatoms. The van der Waals surface area contributed by atoms with Crippen LogP contribution in [0.15, 0.2) is 24.3 Å². The largest absolute Gasteiger partial charge is 0.481 e. The Hall–Kier alpha value is -2.61. The predicted octanol–water partition coefficient (Wildman–Crippen LogP) is 0.615. The van der Waals surface area contributed by atoms with Gasteiger partial charge in [0, 0.05) is 43.9 Å². The summed E-state index contributed by atoms with van der Waals surface area (Å²) in [7, 11) is 0. The number of piperazine rings is 1. The second-order valence-corrected chi connectivity index (χ2v) is 5.75. The molecule has 8 nitrogen and oxygen atoms in total. The van der Waals surface area contributed by atoms with E-state index in [2.05, 4.69) is 10.2 Å². The van der Waals surface area contributed by atoms with Crippen LogP contribution in [0.25, 0.3) is 0 Å². The van der Waals surface area contributed by atoms with E-state index in [0.29, 0.717) is 30.8 Å². The third kappa shape index (κ3) is 5.24. The van der Waals surface area contributed by atoms with Crippen molar-refractivity contribution in [1.29, 1.82) is 5.41 Å². The molecule has 0 saturated carbocycles. The number of rotatable bonds is 6. The fourth-order valence-electron chi connectivity index (χ4n) is 2.66. The van der Waals surface area contributed by atoms with E-state index in [9.17, 15) is 9.59 Å². The van der Waals surface area contributed by atoms with Gasteiger partial charge in [0.1, 0.15) is 0 Å². The number of carbonyl (C=O) groups excluding carboxylic acids is 1. The normalized spacial score (nSPS) is 15.1. The summed E-state index contributed by atoms with van der Waals surface area (Å²) in [5, 5.41) is 18.5. The smallest absolute Gasteiger partial charge is 0.303 e. The molecule has 1 fully saturated rings. The molecule has 24 heavy (non-hydrogen) atoms. The average molecular weight is 333 g/mol. The number of nitrogens with one attached hydrogen (secondary N) is 2. The first-order chi connectivity index (χ1) is 11.5. The topological polar surface area (TPSA) is 123 Å². The number of guanidine groups is 1. The molecule has 0 aliphatic carbocycles. The number of aliphatic carboxylic acids is 1. The van der Waals surface area contributed by atoms with Crippen LogP contribution < -0.4 is 11.1 Å². The van der Waals surface area contributed by atoms with Crippen LogP contribution >= 0.6 is 0 Å². The molecule has 1 saturated heterocycles. The molecular formula is C16H23N5O3. The number of hydrogen-bond acceptors (Lipinski definition) is 4. The zero-order chi connectivity index (χ0) is 17.5. The van der Waals surface area contributed by atoms with Crippen molar-refractivity contribution in [3.8, 4) is 0 Å². The molecule has 0 bridgehead atoms. The molecule has 2 rings (SSSR count). The fraction of sp³-hybridized carbons (Fsp3) is 0.438. The van der Waals surface area contributed by atoms with Crippen molar-refractivity contribution in [3.05, 3.63) is 29.8 Å². The van der Waals surface area contributed by atoms with Gasteiger partial charge in [0.05, 0.1) is 0 Å². The maximum atomic E-state index is 12.5. The van der Waals surface area contributed by atoms with Gasteiger partial charge < -0.3 is 21.1 Å². The summed E-state index contributed by atoms with van der Waals surface area (Å²) >= 11 is 0. The molecule has 130 valence electrons. The lowest BCUT2D eigenvalue weighted by atomic mass is 10.1. The summed E-state index contributed by atoms with van der Waals surface area (Å²) in [6, 6.07) is 6.87. The van der Waals surface area contributed by atoms with E-state index in [0.717, 1.165) is 19.6 Å². The summed E-state index contributed by atoms with van der Waals surface area (Å²) in [5.41, 5.74) is 6.53.